The van der Waals surface area contributed by atoms with E-state index in [1.807, 2.05) is 30.5 Å². The summed E-state index contributed by atoms with van der Waals surface area (Å²) in [7, 11) is 0. The number of rotatable bonds is 3. The Balaban J connectivity index is 1.51. The van der Waals surface area contributed by atoms with Gasteiger partial charge in [-0.05, 0) is 41.8 Å². The van der Waals surface area contributed by atoms with E-state index >= 15 is 0 Å². The maximum absolute atomic E-state index is 12.6. The lowest BCUT2D eigenvalue weighted by Crippen LogP contribution is -2.38. The Morgan fingerprint density at radius 3 is 2.96 bits per heavy atom. The van der Waals surface area contributed by atoms with Gasteiger partial charge in [-0.1, -0.05) is 34.1 Å². The highest BCUT2D eigenvalue weighted by Crippen LogP contribution is 2.29. The average Bonchev–Trinajstić information content (AvgIpc) is 3.11. The minimum absolute atomic E-state index is 0.265. The molecule has 2 N–H and O–H groups in total. The number of hydrogen-bond acceptors (Lipinski definition) is 3. The van der Waals surface area contributed by atoms with Gasteiger partial charge in [0.1, 0.15) is 5.65 Å². The molecule has 4 rings (SSSR count). The fourth-order valence-corrected chi connectivity index (χ4v) is 3.74. The lowest BCUT2D eigenvalue weighted by molar-refractivity contribution is -0.140. The van der Waals surface area contributed by atoms with Crippen molar-refractivity contribution in [1.82, 2.24) is 14.9 Å². The Kier molecular flexibility index (Phi) is 4.61. The molecule has 3 aromatic rings. The number of aromatic nitrogens is 2. The van der Waals surface area contributed by atoms with Crippen LogP contribution >= 0.6 is 15.9 Å². The number of fused-ring (bicyclic) bond motifs is 1. The predicted molar refractivity (Wildman–Crippen MR) is 104 cm³/mol. The number of benzene rings is 1. The smallest absolute Gasteiger partial charge is 0.256 e. The summed E-state index contributed by atoms with van der Waals surface area (Å²) in [4.78, 5) is 21.8. The molecule has 5 nitrogen and oxygen atoms in total. The number of halogens is 1. The van der Waals surface area contributed by atoms with Crippen molar-refractivity contribution < 1.29 is 9.90 Å². The molecular formula is C20H18BrN3O2. The summed E-state index contributed by atoms with van der Waals surface area (Å²) < 4.78 is 0.843. The third-order valence-electron chi connectivity index (χ3n) is 4.72. The molecule has 0 saturated heterocycles. The number of pyridine rings is 1. The molecule has 26 heavy (non-hydrogen) atoms. The molecule has 0 spiro atoms. The molecule has 0 aliphatic carbocycles. The second-order valence-electron chi connectivity index (χ2n) is 6.32. The first kappa shape index (κ1) is 17.0. The van der Waals surface area contributed by atoms with E-state index in [-0.39, 0.29) is 5.91 Å². The van der Waals surface area contributed by atoms with Crippen LogP contribution in [0.4, 0.5) is 0 Å². The Bertz CT molecular complexity index is 995. The molecule has 0 radical (unpaired) electrons. The molecule has 3 heterocycles. The standard InChI is InChI=1S/C20H18BrN3O2/c21-15-4-1-3-14(11-15)18(25)20(26)24-9-6-13(7-10-24)17-12-23-19-16(17)5-2-8-22-19/h1-6,8,11-12,18,25H,7,9-10H2,(H,22,23). The largest absolute Gasteiger partial charge is 0.378 e. The van der Waals surface area contributed by atoms with Crippen molar-refractivity contribution >= 4 is 38.4 Å². The van der Waals surface area contributed by atoms with E-state index in [0.29, 0.717) is 18.7 Å². The number of H-pyrrole nitrogens is 1. The summed E-state index contributed by atoms with van der Waals surface area (Å²) in [5, 5.41) is 11.5. The second-order valence-corrected chi connectivity index (χ2v) is 7.24. The maximum Gasteiger partial charge on any atom is 0.256 e. The van der Waals surface area contributed by atoms with Gasteiger partial charge in [-0.2, -0.15) is 0 Å². The first-order chi connectivity index (χ1) is 12.6. The van der Waals surface area contributed by atoms with E-state index in [2.05, 4.69) is 32.0 Å². The van der Waals surface area contributed by atoms with E-state index in [0.717, 1.165) is 27.5 Å². The summed E-state index contributed by atoms with van der Waals surface area (Å²) in [6.45, 7) is 1.08. The number of aliphatic hydroxyl groups excluding tert-OH is 1. The number of nitrogens with one attached hydrogen (secondary N) is 1. The van der Waals surface area contributed by atoms with E-state index < -0.39 is 6.10 Å². The van der Waals surface area contributed by atoms with Gasteiger partial charge in [0.05, 0.1) is 0 Å². The van der Waals surface area contributed by atoms with Crippen molar-refractivity contribution in [3.63, 3.8) is 0 Å². The van der Waals surface area contributed by atoms with Gasteiger partial charge in [-0.15, -0.1) is 0 Å². The highest BCUT2D eigenvalue weighted by atomic mass is 79.9. The van der Waals surface area contributed by atoms with Crippen LogP contribution in [0.15, 0.2) is 59.3 Å². The lowest BCUT2D eigenvalue weighted by atomic mass is 9.99. The van der Waals surface area contributed by atoms with Crippen LogP contribution in [0.1, 0.15) is 23.7 Å². The molecule has 0 fully saturated rings. The van der Waals surface area contributed by atoms with Crippen molar-refractivity contribution in [2.75, 3.05) is 13.1 Å². The van der Waals surface area contributed by atoms with Gasteiger partial charge >= 0.3 is 0 Å². The molecule has 1 aliphatic rings. The summed E-state index contributed by atoms with van der Waals surface area (Å²) in [5.41, 5.74) is 3.80. The van der Waals surface area contributed by atoms with Crippen LogP contribution in [-0.4, -0.2) is 39.0 Å². The maximum atomic E-state index is 12.6. The van der Waals surface area contributed by atoms with Gasteiger partial charge in [0.15, 0.2) is 6.10 Å². The van der Waals surface area contributed by atoms with Gasteiger partial charge in [0.2, 0.25) is 0 Å². The SMILES string of the molecule is O=C(C(O)c1cccc(Br)c1)N1CC=C(c2c[nH]c3ncccc23)CC1. The third-order valence-corrected chi connectivity index (χ3v) is 5.21. The van der Waals surface area contributed by atoms with Crippen molar-refractivity contribution in [3.8, 4) is 0 Å². The predicted octanol–water partition coefficient (Wildman–Crippen LogP) is 3.67. The summed E-state index contributed by atoms with van der Waals surface area (Å²) in [6.07, 6.45) is 5.40. The highest BCUT2D eigenvalue weighted by molar-refractivity contribution is 9.10. The van der Waals surface area contributed by atoms with Crippen LogP contribution in [0, 0.1) is 0 Å². The average molecular weight is 412 g/mol. The number of hydrogen-bond donors (Lipinski definition) is 2. The minimum atomic E-state index is -1.14. The molecule has 0 bridgehead atoms. The molecule has 132 valence electrons. The number of carbonyl (C=O) groups excluding carboxylic acids is 1. The Morgan fingerprint density at radius 1 is 1.31 bits per heavy atom. The fraction of sp³-hybridized carbons (Fsp3) is 0.200. The molecule has 1 amide bonds. The van der Waals surface area contributed by atoms with Crippen molar-refractivity contribution in [1.29, 1.82) is 0 Å². The van der Waals surface area contributed by atoms with Crippen LogP contribution in [0.5, 0.6) is 0 Å². The van der Waals surface area contributed by atoms with E-state index in [4.69, 9.17) is 0 Å². The zero-order chi connectivity index (χ0) is 18.1. The molecule has 1 unspecified atom stereocenters. The summed E-state index contributed by atoms with van der Waals surface area (Å²) >= 11 is 3.37. The molecule has 0 saturated carbocycles. The molecule has 1 aromatic carbocycles. The molecular weight excluding hydrogens is 394 g/mol. The number of nitrogens with zero attached hydrogens (tertiary/aromatic N) is 2. The lowest BCUT2D eigenvalue weighted by Gasteiger charge is -2.28. The zero-order valence-corrected chi connectivity index (χ0v) is 15.6. The first-order valence-corrected chi connectivity index (χ1v) is 9.26. The van der Waals surface area contributed by atoms with Gasteiger partial charge in [-0.3, -0.25) is 4.79 Å². The van der Waals surface area contributed by atoms with Crippen molar-refractivity contribution in [2.24, 2.45) is 0 Å². The topological polar surface area (TPSA) is 69.2 Å². The number of carbonyl (C=O) groups is 1. The van der Waals surface area contributed by atoms with Gasteiger partial charge in [0.25, 0.3) is 5.91 Å². The first-order valence-electron chi connectivity index (χ1n) is 8.47. The van der Waals surface area contributed by atoms with Crippen molar-refractivity contribution in [3.05, 3.63) is 70.5 Å². The highest BCUT2D eigenvalue weighted by Gasteiger charge is 2.26. The fourth-order valence-electron chi connectivity index (χ4n) is 3.33. The number of amides is 1. The number of aromatic amines is 1. The van der Waals surface area contributed by atoms with Crippen molar-refractivity contribution in [2.45, 2.75) is 12.5 Å². The second kappa shape index (κ2) is 7.05. The summed E-state index contributed by atoms with van der Waals surface area (Å²) in [6, 6.07) is 11.2. The molecule has 6 heteroatoms. The quantitative estimate of drug-likeness (QED) is 0.690. The Labute approximate surface area is 159 Å². The van der Waals surface area contributed by atoms with Crippen LogP contribution in [0.25, 0.3) is 16.6 Å². The van der Waals surface area contributed by atoms with Crippen LogP contribution in [0.2, 0.25) is 0 Å². The van der Waals surface area contributed by atoms with E-state index in [1.54, 1.807) is 23.2 Å². The van der Waals surface area contributed by atoms with Crippen LogP contribution in [0.3, 0.4) is 0 Å². The minimum Gasteiger partial charge on any atom is -0.378 e. The molecule has 1 aliphatic heterocycles. The van der Waals surface area contributed by atoms with Crippen LogP contribution < -0.4 is 0 Å². The molecule has 1 atom stereocenters. The Hall–Kier alpha value is -2.44. The normalized spacial score (nSPS) is 15.8. The summed E-state index contributed by atoms with van der Waals surface area (Å²) in [5.74, 6) is -0.265. The third kappa shape index (κ3) is 3.18. The van der Waals surface area contributed by atoms with E-state index in [9.17, 15) is 9.90 Å². The van der Waals surface area contributed by atoms with E-state index in [1.165, 1.54) is 5.57 Å². The Morgan fingerprint density at radius 2 is 2.19 bits per heavy atom. The van der Waals surface area contributed by atoms with Gasteiger partial charge < -0.3 is 15.0 Å². The van der Waals surface area contributed by atoms with Gasteiger partial charge in [-0.25, -0.2) is 4.98 Å². The zero-order valence-electron chi connectivity index (χ0n) is 14.0. The molecule has 2 aromatic heterocycles. The number of aliphatic hydroxyl groups is 1. The monoisotopic (exact) mass is 411 g/mol. The van der Waals surface area contributed by atoms with Crippen LogP contribution in [-0.2, 0) is 4.79 Å². The van der Waals surface area contributed by atoms with Gasteiger partial charge in [0, 0.05) is 40.9 Å².